The normalized spacial score (nSPS) is 18.3. The number of rotatable bonds is 7. The fraction of sp³-hybridized carbons (Fsp3) is 0.333. The second-order valence-corrected chi connectivity index (χ2v) is 8.79. The van der Waals surface area contributed by atoms with Gasteiger partial charge in [-0.2, -0.15) is 13.2 Å². The summed E-state index contributed by atoms with van der Waals surface area (Å²) in [5.74, 6) is -9.08. The first-order valence-corrected chi connectivity index (χ1v) is 11.5. The van der Waals surface area contributed by atoms with Gasteiger partial charge < -0.3 is 9.47 Å². The minimum absolute atomic E-state index is 0.207. The topological polar surface area (TPSA) is 18.5 Å². The van der Waals surface area contributed by atoms with Crippen molar-refractivity contribution < 1.29 is 40.2 Å². The van der Waals surface area contributed by atoms with Crippen molar-refractivity contribution in [1.29, 1.82) is 0 Å². The van der Waals surface area contributed by atoms with Crippen LogP contribution < -0.4 is 4.74 Å². The van der Waals surface area contributed by atoms with Gasteiger partial charge in [-0.05, 0) is 72.7 Å². The van der Waals surface area contributed by atoms with Crippen LogP contribution in [0, 0.1) is 35.0 Å². The van der Waals surface area contributed by atoms with E-state index in [4.69, 9.17) is 4.74 Å². The number of hydrogen-bond donors (Lipinski definition) is 0. The lowest BCUT2D eigenvalue weighted by molar-refractivity contribution is -0.187. The molecule has 0 bridgehead atoms. The van der Waals surface area contributed by atoms with Crippen molar-refractivity contribution in [3.05, 3.63) is 88.7 Å². The number of ether oxygens (including phenoxy) is 2. The number of hydrogen-bond acceptors (Lipinski definition) is 2. The molecular formula is C27H23F7O2. The maximum Gasteiger partial charge on any atom is 0.426 e. The average molecular weight is 512 g/mol. The van der Waals surface area contributed by atoms with E-state index in [0.29, 0.717) is 30.7 Å². The monoisotopic (exact) mass is 512 g/mol. The summed E-state index contributed by atoms with van der Waals surface area (Å²) < 4.78 is 109. The standard InChI is InChI=1S/C27H23F7O2/c1-2-3-15-4-10-22(35-14-15)16-5-7-18(8-6-16)27(33,34)36-23-11-9-19(24(30)26(23)32)17-12-20(28)25(31)21(29)13-17/h5-9,11-13,15,22H,2-4,10,14H2,1H3. The van der Waals surface area contributed by atoms with Gasteiger partial charge in [0.1, 0.15) is 0 Å². The Morgan fingerprint density at radius 1 is 0.861 bits per heavy atom. The summed E-state index contributed by atoms with van der Waals surface area (Å²) in [5.41, 5.74) is -1.02. The molecule has 192 valence electrons. The largest absolute Gasteiger partial charge is 0.426 e. The van der Waals surface area contributed by atoms with Crippen LogP contribution >= 0.6 is 0 Å². The lowest BCUT2D eigenvalue weighted by Crippen LogP contribution is -2.23. The summed E-state index contributed by atoms with van der Waals surface area (Å²) in [5, 5.41) is 0. The van der Waals surface area contributed by atoms with Gasteiger partial charge in [0.25, 0.3) is 0 Å². The van der Waals surface area contributed by atoms with Gasteiger partial charge in [-0.25, -0.2) is 17.6 Å². The van der Waals surface area contributed by atoms with Gasteiger partial charge in [0.05, 0.1) is 18.3 Å². The fourth-order valence-electron chi connectivity index (χ4n) is 4.34. The molecule has 0 N–H and O–H groups in total. The molecule has 1 fully saturated rings. The molecule has 1 aliphatic heterocycles. The van der Waals surface area contributed by atoms with Gasteiger partial charge in [-0.15, -0.1) is 0 Å². The number of benzene rings is 3. The summed E-state index contributed by atoms with van der Waals surface area (Å²) in [6.07, 6.45) is -0.319. The van der Waals surface area contributed by atoms with Gasteiger partial charge in [0.2, 0.25) is 5.82 Å². The first-order valence-electron chi connectivity index (χ1n) is 11.5. The van der Waals surface area contributed by atoms with Gasteiger partial charge >= 0.3 is 6.11 Å². The van der Waals surface area contributed by atoms with Crippen molar-refractivity contribution in [1.82, 2.24) is 0 Å². The highest BCUT2D eigenvalue weighted by atomic mass is 19.3. The average Bonchev–Trinajstić information content (AvgIpc) is 2.86. The zero-order chi connectivity index (χ0) is 26.0. The SMILES string of the molecule is CCCC1CCC(c2ccc(C(F)(F)Oc3ccc(-c4cc(F)c(F)c(F)c4)c(F)c3F)cc2)OC1. The van der Waals surface area contributed by atoms with Crippen molar-refractivity contribution in [3.63, 3.8) is 0 Å². The van der Waals surface area contributed by atoms with Crippen molar-refractivity contribution in [3.8, 4) is 16.9 Å². The molecule has 2 atom stereocenters. The van der Waals surface area contributed by atoms with Crippen molar-refractivity contribution >= 4 is 0 Å². The Labute approximate surface area is 203 Å². The second-order valence-electron chi connectivity index (χ2n) is 8.79. The van der Waals surface area contributed by atoms with E-state index in [2.05, 4.69) is 11.7 Å². The fourth-order valence-corrected chi connectivity index (χ4v) is 4.34. The molecule has 9 heteroatoms. The molecule has 4 rings (SSSR count). The van der Waals surface area contributed by atoms with Crippen LogP contribution in [0.25, 0.3) is 11.1 Å². The molecule has 2 nitrogen and oxygen atoms in total. The van der Waals surface area contributed by atoms with Crippen LogP contribution in [0.2, 0.25) is 0 Å². The van der Waals surface area contributed by atoms with Crippen LogP contribution in [0.3, 0.4) is 0 Å². The molecule has 3 aromatic carbocycles. The van der Waals surface area contributed by atoms with Gasteiger partial charge in [0.15, 0.2) is 29.0 Å². The second kappa shape index (κ2) is 10.5. The van der Waals surface area contributed by atoms with Gasteiger partial charge in [-0.1, -0.05) is 25.5 Å². The maximum absolute atomic E-state index is 14.8. The number of halogens is 7. The quantitative estimate of drug-likeness (QED) is 0.234. The molecule has 0 amide bonds. The van der Waals surface area contributed by atoms with E-state index in [1.807, 2.05) is 0 Å². The Morgan fingerprint density at radius 3 is 2.11 bits per heavy atom. The van der Waals surface area contributed by atoms with Crippen LogP contribution in [-0.2, 0) is 10.8 Å². The summed E-state index contributed by atoms with van der Waals surface area (Å²) >= 11 is 0. The highest BCUT2D eigenvalue weighted by molar-refractivity contribution is 5.65. The van der Waals surface area contributed by atoms with Crippen molar-refractivity contribution in [2.24, 2.45) is 5.92 Å². The highest BCUT2D eigenvalue weighted by Crippen LogP contribution is 2.38. The van der Waals surface area contributed by atoms with E-state index in [1.54, 1.807) is 0 Å². The maximum atomic E-state index is 14.8. The summed E-state index contributed by atoms with van der Waals surface area (Å²) in [6.45, 7) is 2.72. The van der Waals surface area contributed by atoms with Crippen LogP contribution in [0.4, 0.5) is 30.7 Å². The summed E-state index contributed by atoms with van der Waals surface area (Å²) in [6, 6.07) is 7.67. The molecule has 1 aliphatic rings. The third-order valence-electron chi connectivity index (χ3n) is 6.27. The van der Waals surface area contributed by atoms with E-state index >= 15 is 0 Å². The predicted octanol–water partition coefficient (Wildman–Crippen LogP) is 8.45. The Hall–Kier alpha value is -3.07. The van der Waals surface area contributed by atoms with Crippen molar-refractivity contribution in [2.75, 3.05) is 6.61 Å². The Bertz CT molecular complexity index is 1200. The zero-order valence-corrected chi connectivity index (χ0v) is 19.3. The predicted molar refractivity (Wildman–Crippen MR) is 119 cm³/mol. The molecule has 1 heterocycles. The lowest BCUT2D eigenvalue weighted by atomic mass is 9.91. The third-order valence-corrected chi connectivity index (χ3v) is 6.27. The third kappa shape index (κ3) is 5.36. The van der Waals surface area contributed by atoms with Crippen molar-refractivity contribution in [2.45, 2.75) is 44.8 Å². The van der Waals surface area contributed by atoms with E-state index in [9.17, 15) is 30.7 Å². The van der Waals surface area contributed by atoms with Crippen LogP contribution in [0.5, 0.6) is 5.75 Å². The molecule has 2 unspecified atom stereocenters. The molecule has 0 radical (unpaired) electrons. The van der Waals surface area contributed by atoms with Gasteiger partial charge in [-0.3, -0.25) is 0 Å². The number of alkyl halides is 2. The van der Waals surface area contributed by atoms with E-state index in [0.717, 1.165) is 49.4 Å². The van der Waals surface area contributed by atoms with E-state index in [-0.39, 0.29) is 6.10 Å². The molecule has 1 saturated heterocycles. The molecule has 0 saturated carbocycles. The highest BCUT2D eigenvalue weighted by Gasteiger charge is 2.36. The smallest absolute Gasteiger partial charge is 0.426 e. The van der Waals surface area contributed by atoms with E-state index in [1.165, 1.54) is 12.1 Å². The van der Waals surface area contributed by atoms with Crippen LogP contribution in [-0.4, -0.2) is 6.61 Å². The lowest BCUT2D eigenvalue weighted by Gasteiger charge is -2.29. The van der Waals surface area contributed by atoms with Crippen LogP contribution in [0.1, 0.15) is 49.8 Å². The molecule has 0 spiro atoms. The zero-order valence-electron chi connectivity index (χ0n) is 19.3. The Morgan fingerprint density at radius 2 is 1.53 bits per heavy atom. The molecule has 36 heavy (non-hydrogen) atoms. The van der Waals surface area contributed by atoms with Crippen LogP contribution in [0.15, 0.2) is 48.5 Å². The minimum atomic E-state index is -4.01. The molecular weight excluding hydrogens is 489 g/mol. The summed E-state index contributed by atoms with van der Waals surface area (Å²) in [4.78, 5) is 0. The van der Waals surface area contributed by atoms with Gasteiger partial charge in [0, 0.05) is 5.56 Å². The van der Waals surface area contributed by atoms with E-state index < -0.39 is 57.6 Å². The Kier molecular flexibility index (Phi) is 7.59. The molecule has 0 aliphatic carbocycles. The Balaban J connectivity index is 1.50. The molecule has 0 aromatic heterocycles. The molecule has 3 aromatic rings. The first-order chi connectivity index (χ1) is 17.1. The first kappa shape index (κ1) is 26.0. The minimum Gasteiger partial charge on any atom is -0.426 e. The summed E-state index contributed by atoms with van der Waals surface area (Å²) in [7, 11) is 0.